The molecule has 3 aromatic carbocycles. The molecule has 4 aromatic rings. The first-order valence-electron chi connectivity index (χ1n) is 12.6. The van der Waals surface area contributed by atoms with Gasteiger partial charge in [-0.2, -0.15) is 0 Å². The first-order valence-corrected chi connectivity index (χ1v) is 12.6. The lowest BCUT2D eigenvalue weighted by atomic mass is 9.97. The Morgan fingerprint density at radius 3 is 2.26 bits per heavy atom. The highest BCUT2D eigenvalue weighted by Crippen LogP contribution is 2.28. The number of hydrogen-bond donors (Lipinski definition) is 4. The lowest BCUT2D eigenvalue weighted by Gasteiger charge is -2.24. The van der Waals surface area contributed by atoms with Gasteiger partial charge in [-0.25, -0.2) is 0 Å². The Bertz CT molecular complexity index is 1380. The molecule has 0 aliphatic rings. The maximum absolute atomic E-state index is 13.2. The van der Waals surface area contributed by atoms with Gasteiger partial charge >= 0.3 is 5.97 Å². The number of hydrogen-bond acceptors (Lipinski definition) is 5. The molecule has 2 amide bonds. The van der Waals surface area contributed by atoms with Gasteiger partial charge in [0.1, 0.15) is 17.4 Å². The summed E-state index contributed by atoms with van der Waals surface area (Å²) in [6.45, 7) is 4.09. The van der Waals surface area contributed by atoms with Crippen LogP contribution >= 0.6 is 0 Å². The van der Waals surface area contributed by atoms with Crippen LogP contribution in [0, 0.1) is 5.92 Å². The lowest BCUT2D eigenvalue weighted by molar-refractivity contribution is -0.136. The second kappa shape index (κ2) is 12.1. The van der Waals surface area contributed by atoms with Crippen LogP contribution in [0.2, 0.25) is 0 Å². The number of carboxylic acid groups (broad SMARTS) is 1. The van der Waals surface area contributed by atoms with Gasteiger partial charge in [0.05, 0.1) is 6.42 Å². The molecule has 2 atom stereocenters. The van der Waals surface area contributed by atoms with Crippen molar-refractivity contribution in [2.75, 3.05) is 17.2 Å². The van der Waals surface area contributed by atoms with E-state index in [1.165, 1.54) is 0 Å². The topological polar surface area (TPSA) is 121 Å². The Kier molecular flexibility index (Phi) is 8.43. The van der Waals surface area contributed by atoms with Crippen LogP contribution < -0.4 is 16.0 Å². The fraction of sp³-hybridized carbons (Fsp3) is 0.233. The van der Waals surface area contributed by atoms with Gasteiger partial charge < -0.3 is 25.5 Å². The van der Waals surface area contributed by atoms with Crippen LogP contribution in [-0.2, 0) is 9.59 Å². The number of aliphatic carboxylic acids is 1. The van der Waals surface area contributed by atoms with E-state index in [4.69, 9.17) is 9.52 Å². The molecule has 1 aromatic heterocycles. The highest BCUT2D eigenvalue weighted by molar-refractivity contribution is 5.97. The van der Waals surface area contributed by atoms with Crippen molar-refractivity contribution in [1.29, 1.82) is 0 Å². The van der Waals surface area contributed by atoms with Crippen molar-refractivity contribution in [2.45, 2.75) is 32.7 Å². The van der Waals surface area contributed by atoms with E-state index in [1.54, 1.807) is 24.3 Å². The molecule has 0 spiro atoms. The highest BCUT2D eigenvalue weighted by Gasteiger charge is 2.24. The van der Waals surface area contributed by atoms with Gasteiger partial charge in [-0.05, 0) is 66.6 Å². The summed E-state index contributed by atoms with van der Waals surface area (Å²) in [6, 6.07) is 23.6. The largest absolute Gasteiger partial charge is 0.481 e. The van der Waals surface area contributed by atoms with Crippen molar-refractivity contribution < 1.29 is 23.9 Å². The molecule has 1 heterocycles. The normalized spacial score (nSPS) is 12.5. The molecule has 38 heavy (non-hydrogen) atoms. The summed E-state index contributed by atoms with van der Waals surface area (Å²) >= 11 is 0. The molecule has 0 aliphatic carbocycles. The number of carbonyl (C=O) groups is 3. The minimum atomic E-state index is -0.971. The summed E-state index contributed by atoms with van der Waals surface area (Å²) in [7, 11) is 0. The van der Waals surface area contributed by atoms with E-state index in [9.17, 15) is 14.4 Å². The number of carbonyl (C=O) groups excluding carboxylic acids is 2. The van der Waals surface area contributed by atoms with Crippen LogP contribution in [0.4, 0.5) is 11.4 Å². The van der Waals surface area contributed by atoms with Crippen LogP contribution in [0.25, 0.3) is 22.3 Å². The fourth-order valence-electron chi connectivity index (χ4n) is 4.05. The number of anilines is 2. The molecule has 4 N–H and O–H groups in total. The van der Waals surface area contributed by atoms with Gasteiger partial charge in [0.2, 0.25) is 5.91 Å². The van der Waals surface area contributed by atoms with Crippen molar-refractivity contribution in [1.82, 2.24) is 5.32 Å². The number of amides is 2. The van der Waals surface area contributed by atoms with Gasteiger partial charge in [-0.1, -0.05) is 38.5 Å². The van der Waals surface area contributed by atoms with Crippen molar-refractivity contribution in [3.05, 3.63) is 84.4 Å². The Labute approximate surface area is 221 Å². The third kappa shape index (κ3) is 6.59. The average molecular weight is 514 g/mol. The van der Waals surface area contributed by atoms with Gasteiger partial charge in [0.25, 0.3) is 5.91 Å². The summed E-state index contributed by atoms with van der Waals surface area (Å²) in [5, 5.41) is 18.6. The van der Waals surface area contributed by atoms with Crippen molar-refractivity contribution in [3.8, 4) is 11.3 Å². The Morgan fingerprint density at radius 2 is 1.61 bits per heavy atom. The van der Waals surface area contributed by atoms with E-state index in [2.05, 4.69) is 16.0 Å². The number of benzene rings is 3. The van der Waals surface area contributed by atoms with Crippen LogP contribution in [0.5, 0.6) is 0 Å². The van der Waals surface area contributed by atoms with Crippen LogP contribution in [0.1, 0.15) is 37.0 Å². The summed E-state index contributed by atoms with van der Waals surface area (Å²) in [4.78, 5) is 36.0. The van der Waals surface area contributed by atoms with Crippen LogP contribution in [-0.4, -0.2) is 35.5 Å². The number of rotatable bonds is 11. The van der Waals surface area contributed by atoms with Crippen LogP contribution in [0.3, 0.4) is 0 Å². The number of para-hydroxylation sites is 1. The van der Waals surface area contributed by atoms with E-state index in [0.29, 0.717) is 16.9 Å². The van der Waals surface area contributed by atoms with E-state index in [1.807, 2.05) is 68.4 Å². The van der Waals surface area contributed by atoms with Crippen molar-refractivity contribution >= 4 is 40.1 Å². The summed E-state index contributed by atoms with van der Waals surface area (Å²) < 4.78 is 5.93. The monoisotopic (exact) mass is 513 g/mol. The predicted molar refractivity (Wildman–Crippen MR) is 148 cm³/mol. The molecule has 0 saturated heterocycles. The molecule has 0 bridgehead atoms. The molecule has 0 aliphatic heterocycles. The first-order chi connectivity index (χ1) is 18.3. The zero-order valence-electron chi connectivity index (χ0n) is 21.4. The first kappa shape index (κ1) is 26.5. The van der Waals surface area contributed by atoms with Gasteiger partial charge in [-0.15, -0.1) is 0 Å². The Hall–Kier alpha value is -4.59. The SMILES string of the molecule is CCC(C)C(Nc1ccc(C(=O)NCCC(=O)O)cc1)C(=O)Nc1ccc(-c2cc3ccccc3o2)cc1. The summed E-state index contributed by atoms with van der Waals surface area (Å²) in [5.74, 6) is -0.668. The second-order valence-electron chi connectivity index (χ2n) is 9.20. The number of furan rings is 1. The zero-order valence-corrected chi connectivity index (χ0v) is 21.4. The maximum atomic E-state index is 13.2. The van der Waals surface area contributed by atoms with Gasteiger partial charge in [-0.3, -0.25) is 14.4 Å². The number of fused-ring (bicyclic) bond motifs is 1. The third-order valence-electron chi connectivity index (χ3n) is 6.45. The summed E-state index contributed by atoms with van der Waals surface area (Å²) in [5.41, 5.74) is 3.54. The van der Waals surface area contributed by atoms with Crippen LogP contribution in [0.15, 0.2) is 83.3 Å². The lowest BCUT2D eigenvalue weighted by Crippen LogP contribution is -2.39. The maximum Gasteiger partial charge on any atom is 0.305 e. The minimum Gasteiger partial charge on any atom is -0.481 e. The van der Waals surface area contributed by atoms with E-state index in [0.717, 1.165) is 28.7 Å². The quantitative estimate of drug-likeness (QED) is 0.202. The standard InChI is InChI=1S/C30H31N3O5/c1-3-19(2)28(32-23-14-10-21(11-15-23)29(36)31-17-16-27(34)35)30(37)33-24-12-8-20(9-13-24)26-18-22-6-4-5-7-25(22)38-26/h4-15,18-19,28,32H,3,16-17H2,1-2H3,(H,31,36)(H,33,37)(H,34,35). The molecular formula is C30H31N3O5. The van der Waals surface area contributed by atoms with Gasteiger partial charge in [0.15, 0.2) is 0 Å². The Balaban J connectivity index is 1.40. The smallest absolute Gasteiger partial charge is 0.305 e. The zero-order chi connectivity index (χ0) is 27.1. The third-order valence-corrected chi connectivity index (χ3v) is 6.45. The number of nitrogens with one attached hydrogen (secondary N) is 3. The van der Waals surface area contributed by atoms with Gasteiger partial charge in [0, 0.05) is 34.4 Å². The molecule has 0 saturated carbocycles. The second-order valence-corrected chi connectivity index (χ2v) is 9.20. The number of carboxylic acids is 1. The predicted octanol–water partition coefficient (Wildman–Crippen LogP) is 5.77. The average Bonchev–Trinajstić information content (AvgIpc) is 3.36. The molecule has 8 heteroatoms. The van der Waals surface area contributed by atoms with Crippen molar-refractivity contribution in [2.24, 2.45) is 5.92 Å². The fourth-order valence-corrected chi connectivity index (χ4v) is 4.05. The molecule has 0 radical (unpaired) electrons. The van der Waals surface area contributed by atoms with E-state index >= 15 is 0 Å². The molecule has 8 nitrogen and oxygen atoms in total. The highest BCUT2D eigenvalue weighted by atomic mass is 16.4. The summed E-state index contributed by atoms with van der Waals surface area (Å²) in [6.07, 6.45) is 0.653. The Morgan fingerprint density at radius 1 is 0.921 bits per heavy atom. The van der Waals surface area contributed by atoms with E-state index in [-0.39, 0.29) is 30.7 Å². The molecule has 2 unspecified atom stereocenters. The molecular weight excluding hydrogens is 482 g/mol. The van der Waals surface area contributed by atoms with Crippen molar-refractivity contribution in [3.63, 3.8) is 0 Å². The van der Waals surface area contributed by atoms with E-state index < -0.39 is 12.0 Å². The minimum absolute atomic E-state index is 0.0452. The molecule has 0 fully saturated rings. The molecule has 196 valence electrons. The molecule has 4 rings (SSSR count).